The molecule has 0 aromatic heterocycles. The van der Waals surface area contributed by atoms with Crippen LogP contribution in [0, 0.1) is 108 Å². The molecule has 0 nitrogen and oxygen atoms in total. The van der Waals surface area contributed by atoms with E-state index in [0.29, 0.717) is 12.1 Å². The van der Waals surface area contributed by atoms with Crippen molar-refractivity contribution >= 4 is 28.0 Å². The molecule has 0 N–H and O–H groups in total. The highest BCUT2D eigenvalue weighted by Gasteiger charge is 2.48. The average molecular weight is 898 g/mol. The molecule has 0 aliphatic rings. The molecule has 0 aliphatic carbocycles. The maximum atomic E-state index is 15.3. The summed E-state index contributed by atoms with van der Waals surface area (Å²) in [4.78, 5) is 0. The summed E-state index contributed by atoms with van der Waals surface area (Å²) in [6, 6.07) is 21.0. The Hall–Kier alpha value is -4.94. The first-order valence-electron chi connectivity index (χ1n) is 15.4. The van der Waals surface area contributed by atoms with Crippen LogP contribution < -0.4 is 43.1 Å². The van der Waals surface area contributed by atoms with Gasteiger partial charge in [0.25, 0.3) is 0 Å². The molecule has 286 valence electrons. The Labute approximate surface area is 312 Å². The smallest absolute Gasteiger partial charge is 0.207 e. The number of benzene rings is 6. The van der Waals surface area contributed by atoms with Crippen LogP contribution >= 0.6 is 0 Å². The molecule has 0 fully saturated rings. The fraction of sp³-hybridized carbons (Fsp3) is 0.0526. The van der Waals surface area contributed by atoms with Gasteiger partial charge in [-0.1, -0.05) is 65.7 Å². The maximum absolute atomic E-state index is 15.3. The van der Waals surface area contributed by atoms with E-state index in [2.05, 4.69) is 62.4 Å². The predicted molar refractivity (Wildman–Crippen MR) is 169 cm³/mol. The summed E-state index contributed by atoms with van der Waals surface area (Å²) in [5, 5.41) is 0. The zero-order valence-corrected chi connectivity index (χ0v) is 29.8. The van der Waals surface area contributed by atoms with Crippen molar-refractivity contribution in [2.75, 3.05) is 0 Å². The van der Waals surface area contributed by atoms with E-state index >= 15 is 26.3 Å². The summed E-state index contributed by atoms with van der Waals surface area (Å²) in [6.45, 7) is 4.27. The van der Waals surface area contributed by atoms with Crippen molar-refractivity contribution < 1.29 is 87.1 Å². The van der Waals surface area contributed by atoms with Crippen LogP contribution in [-0.2, 0) is 0 Å². The molecule has 55 heavy (non-hydrogen) atoms. The van der Waals surface area contributed by atoms with Gasteiger partial charge in [-0.3, -0.25) is 0 Å². The standard InChI is InChI=1S/C24H5BF15.C14H14I/c26-10-7(11(27)17(33)22(38)16(10)32)25(6-4-2-1-3-5-6,8-12(28)18(34)23(39)19(35)13(8)29)9-14(30)20(36)24(40)21(37)15(9)31;1-11-3-7-13(8-4-11)15-14-9-5-12(2)6-10-14/h1-5H;3-10H,1-2H3/q-1;+1. The number of hydrogen-bond acceptors (Lipinski definition) is 0. The van der Waals surface area contributed by atoms with Gasteiger partial charge in [0.05, 0.1) is 0 Å². The Morgan fingerprint density at radius 2 is 0.545 bits per heavy atom. The first-order valence-corrected chi connectivity index (χ1v) is 17.6. The third-order valence-electron chi connectivity index (χ3n) is 8.57. The van der Waals surface area contributed by atoms with Crippen molar-refractivity contribution in [3.63, 3.8) is 0 Å². The molecule has 0 bridgehead atoms. The minimum atomic E-state index is -5.72. The normalized spacial score (nSPS) is 11.4. The third kappa shape index (κ3) is 7.18. The van der Waals surface area contributed by atoms with Crippen LogP contribution in [0.1, 0.15) is 11.1 Å². The molecule has 0 spiro atoms. The SMILES string of the molecule is Cc1ccc([I+]c2ccc(C)cc2)cc1.Fc1c(F)c(F)c([B-](c2ccccc2)(c2c(F)c(F)c(F)c(F)c2F)c2c(F)c(F)c(F)c(F)c2F)c(F)c1F. The van der Waals surface area contributed by atoms with Crippen LogP contribution in [0.4, 0.5) is 65.9 Å². The Kier molecular flexibility index (Phi) is 12.0. The number of halogens is 16. The number of rotatable bonds is 6. The lowest BCUT2D eigenvalue weighted by Gasteiger charge is -2.44. The Morgan fingerprint density at radius 1 is 0.309 bits per heavy atom. The Balaban J connectivity index is 0.000000321. The van der Waals surface area contributed by atoms with Gasteiger partial charge in [0.2, 0.25) is 0 Å². The van der Waals surface area contributed by atoms with E-state index in [0.717, 1.165) is 18.2 Å². The van der Waals surface area contributed by atoms with Crippen molar-refractivity contribution in [2.45, 2.75) is 13.8 Å². The van der Waals surface area contributed by atoms with Crippen molar-refractivity contribution in [1.29, 1.82) is 0 Å². The second-order valence-electron chi connectivity index (χ2n) is 11.9. The van der Waals surface area contributed by atoms with E-state index in [1.807, 2.05) is 0 Å². The fourth-order valence-corrected chi connectivity index (χ4v) is 8.16. The highest BCUT2D eigenvalue weighted by Crippen LogP contribution is 2.28. The van der Waals surface area contributed by atoms with Crippen molar-refractivity contribution in [3.05, 3.63) is 184 Å². The van der Waals surface area contributed by atoms with Crippen molar-refractivity contribution in [1.82, 2.24) is 0 Å². The van der Waals surface area contributed by atoms with Crippen molar-refractivity contribution in [3.8, 4) is 0 Å². The molecule has 0 unspecified atom stereocenters. The van der Waals surface area contributed by atoms with E-state index in [1.165, 1.54) is 18.3 Å². The molecule has 6 aromatic rings. The van der Waals surface area contributed by atoms with Gasteiger partial charge < -0.3 is 0 Å². The zero-order valence-electron chi connectivity index (χ0n) is 27.6. The summed E-state index contributed by atoms with van der Waals surface area (Å²) in [7, 11) is 0. The molecule has 0 aliphatic heterocycles. The highest BCUT2D eigenvalue weighted by atomic mass is 127. The molecule has 0 heterocycles. The first-order chi connectivity index (χ1) is 25.9. The van der Waals surface area contributed by atoms with Crippen LogP contribution in [0.25, 0.3) is 0 Å². The number of aryl methyl sites for hydroxylation is 2. The van der Waals surface area contributed by atoms with E-state index < -0.39 is 115 Å². The summed E-state index contributed by atoms with van der Waals surface area (Å²) in [5.74, 6) is -45.5. The summed E-state index contributed by atoms with van der Waals surface area (Å²) < 4.78 is 223. The Morgan fingerprint density at radius 3 is 0.800 bits per heavy atom. The molecule has 0 saturated carbocycles. The largest absolute Gasteiger partial charge is 0.357 e. The van der Waals surface area contributed by atoms with E-state index in [9.17, 15) is 39.5 Å². The van der Waals surface area contributed by atoms with Gasteiger partial charge in [0.1, 0.15) is 41.0 Å². The second-order valence-corrected chi connectivity index (χ2v) is 14.9. The van der Waals surface area contributed by atoms with Crippen LogP contribution in [0.15, 0.2) is 78.9 Å². The van der Waals surface area contributed by atoms with Crippen molar-refractivity contribution in [2.24, 2.45) is 0 Å². The molecule has 0 amide bonds. The van der Waals surface area contributed by atoms with Gasteiger partial charge in [0, 0.05) is 0 Å². The van der Waals surface area contributed by atoms with E-state index in [4.69, 9.17) is 0 Å². The van der Waals surface area contributed by atoms with Gasteiger partial charge in [0.15, 0.2) is 59.5 Å². The first kappa shape index (κ1) is 41.2. The molecular formula is C38H19BF15I. The third-order valence-corrected chi connectivity index (χ3v) is 11.3. The van der Waals surface area contributed by atoms with Crippen LogP contribution in [0.2, 0.25) is 0 Å². The molecule has 6 rings (SSSR count). The van der Waals surface area contributed by atoms with Gasteiger partial charge in [-0.15, -0.1) is 16.4 Å². The molecule has 0 atom stereocenters. The van der Waals surface area contributed by atoms with Gasteiger partial charge in [-0.25, -0.2) is 65.9 Å². The predicted octanol–water partition coefficient (Wildman–Crippen LogP) is 5.58. The minimum absolute atomic E-state index is 0.00313. The lowest BCUT2D eigenvalue weighted by atomic mass is 9.12. The maximum Gasteiger partial charge on any atom is 0.357 e. The van der Waals surface area contributed by atoms with Gasteiger partial charge in [-0.2, -0.15) is 5.46 Å². The molecule has 17 heteroatoms. The fourth-order valence-electron chi connectivity index (χ4n) is 6.00. The number of hydrogen-bond donors (Lipinski definition) is 0. The minimum Gasteiger partial charge on any atom is -0.207 e. The lowest BCUT2D eigenvalue weighted by molar-refractivity contribution is -0.597. The second kappa shape index (κ2) is 16.0. The molecule has 0 radical (unpaired) electrons. The van der Waals surface area contributed by atoms with Crippen LogP contribution in [0.3, 0.4) is 0 Å². The molecule has 6 aromatic carbocycles. The highest BCUT2D eigenvalue weighted by molar-refractivity contribution is 7.20. The Bertz CT molecular complexity index is 2120. The van der Waals surface area contributed by atoms with E-state index in [-0.39, 0.29) is 21.2 Å². The van der Waals surface area contributed by atoms with Gasteiger partial charge >= 0.3 is 21.2 Å². The average Bonchev–Trinajstić information content (AvgIpc) is 3.18. The monoisotopic (exact) mass is 898 g/mol. The summed E-state index contributed by atoms with van der Waals surface area (Å²) in [6.07, 6.45) is -5.72. The topological polar surface area (TPSA) is 0 Å². The van der Waals surface area contributed by atoms with Crippen LogP contribution in [-0.4, -0.2) is 6.15 Å². The zero-order chi connectivity index (χ0) is 40.7. The molecule has 0 saturated heterocycles. The lowest BCUT2D eigenvalue weighted by Crippen LogP contribution is -3.61. The van der Waals surface area contributed by atoms with Gasteiger partial charge in [-0.05, 0) is 38.1 Å². The van der Waals surface area contributed by atoms with E-state index in [1.54, 1.807) is 0 Å². The quantitative estimate of drug-likeness (QED) is 0.0675. The summed E-state index contributed by atoms with van der Waals surface area (Å²) in [5.41, 5.74) is -6.73. The van der Waals surface area contributed by atoms with Crippen LogP contribution in [0.5, 0.6) is 0 Å². The summed E-state index contributed by atoms with van der Waals surface area (Å²) >= 11 is 0.00313. The molecular weight excluding hydrogens is 879 g/mol.